The third-order valence-electron chi connectivity index (χ3n) is 4.87. The number of morpholine rings is 1. The highest BCUT2D eigenvalue weighted by molar-refractivity contribution is 7.99. The van der Waals surface area contributed by atoms with Crippen LogP contribution in [0.5, 0.6) is 0 Å². The first-order chi connectivity index (χ1) is 16.3. The molecule has 2 N–H and O–H groups in total. The molecule has 0 bridgehead atoms. The fraction of sp³-hybridized carbons (Fsp3) is 0.350. The summed E-state index contributed by atoms with van der Waals surface area (Å²) in [5, 5.41) is 6.47. The molecule has 0 saturated carbocycles. The summed E-state index contributed by atoms with van der Waals surface area (Å²) in [6, 6.07) is 5.60. The maximum atomic E-state index is 12.3. The van der Waals surface area contributed by atoms with Crippen molar-refractivity contribution >= 4 is 58.3 Å². The van der Waals surface area contributed by atoms with Gasteiger partial charge in [-0.25, -0.2) is 4.98 Å². The fourth-order valence-electron chi connectivity index (χ4n) is 3.27. The van der Waals surface area contributed by atoms with Gasteiger partial charge >= 0.3 is 11.8 Å². The van der Waals surface area contributed by atoms with Gasteiger partial charge in [0.1, 0.15) is 5.69 Å². The Morgan fingerprint density at radius 1 is 1.32 bits per heavy atom. The van der Waals surface area contributed by atoms with E-state index in [-0.39, 0.29) is 23.7 Å². The Morgan fingerprint density at radius 2 is 2.15 bits per heavy atom. The summed E-state index contributed by atoms with van der Waals surface area (Å²) in [4.78, 5) is 34.1. The maximum Gasteiger partial charge on any atom is 0.316 e. The molecule has 34 heavy (non-hydrogen) atoms. The van der Waals surface area contributed by atoms with Crippen LogP contribution in [0, 0.1) is 0 Å². The number of thiazole rings is 1. The zero-order chi connectivity index (χ0) is 24.2. The number of hydrogen-bond donors (Lipinski definition) is 1. The molecular weight excluding hydrogens is 523 g/mol. The van der Waals surface area contributed by atoms with Gasteiger partial charge in [-0.05, 0) is 17.7 Å². The van der Waals surface area contributed by atoms with Gasteiger partial charge in [0.15, 0.2) is 4.34 Å². The van der Waals surface area contributed by atoms with Crippen LogP contribution in [0.3, 0.4) is 0 Å². The standard InChI is InChI=1S/C20H20Cl2N6O4S2/c1-11(29)28(34-20-24-16(10-33-20)18-25-19(17(23)30)32-26-18)9-13-8-27(4-5-31-13)7-12-2-3-14(21)15(22)6-12/h2-3,6,10,13H,4-5,7-9H2,1H3,(H2,23,30)/t13-/m0/s1. The van der Waals surface area contributed by atoms with E-state index < -0.39 is 5.91 Å². The number of aromatic nitrogens is 3. The van der Waals surface area contributed by atoms with E-state index in [1.54, 1.807) is 15.8 Å². The summed E-state index contributed by atoms with van der Waals surface area (Å²) in [7, 11) is 0. The van der Waals surface area contributed by atoms with Crippen molar-refractivity contribution in [2.45, 2.75) is 23.9 Å². The number of nitrogens with two attached hydrogens (primary N) is 1. The van der Waals surface area contributed by atoms with Gasteiger partial charge in [-0.3, -0.25) is 18.8 Å². The minimum atomic E-state index is -0.813. The van der Waals surface area contributed by atoms with Gasteiger partial charge in [0.05, 0.1) is 29.3 Å². The highest BCUT2D eigenvalue weighted by atomic mass is 35.5. The lowest BCUT2D eigenvalue weighted by Crippen LogP contribution is -2.46. The smallest absolute Gasteiger partial charge is 0.316 e. The number of amides is 2. The average molecular weight is 543 g/mol. The van der Waals surface area contributed by atoms with E-state index >= 15 is 0 Å². The van der Waals surface area contributed by atoms with Crippen molar-refractivity contribution in [3.63, 3.8) is 0 Å². The normalized spacial score (nSPS) is 16.5. The quantitative estimate of drug-likeness (QED) is 0.426. The number of benzene rings is 1. The van der Waals surface area contributed by atoms with E-state index in [1.165, 1.54) is 30.2 Å². The second kappa shape index (κ2) is 11.0. The molecule has 3 aromatic rings. The van der Waals surface area contributed by atoms with Crippen LogP contribution < -0.4 is 5.73 Å². The van der Waals surface area contributed by atoms with Crippen LogP contribution in [-0.4, -0.2) is 68.5 Å². The number of nitrogens with zero attached hydrogens (tertiary/aromatic N) is 5. The predicted octanol–water partition coefficient (Wildman–Crippen LogP) is 3.36. The minimum absolute atomic E-state index is 0.123. The Bertz CT molecular complexity index is 1190. The Balaban J connectivity index is 1.37. The molecule has 14 heteroatoms. The molecule has 1 fully saturated rings. The van der Waals surface area contributed by atoms with Crippen LogP contribution >= 0.6 is 46.5 Å². The monoisotopic (exact) mass is 542 g/mol. The number of halogens is 2. The third kappa shape index (κ3) is 6.26. The molecule has 0 spiro atoms. The summed E-state index contributed by atoms with van der Waals surface area (Å²) in [6.07, 6.45) is -0.164. The number of ether oxygens (including phenoxy) is 1. The van der Waals surface area contributed by atoms with Crippen molar-refractivity contribution in [1.29, 1.82) is 0 Å². The van der Waals surface area contributed by atoms with E-state index in [4.69, 9.17) is 38.2 Å². The Labute approximate surface area is 213 Å². The summed E-state index contributed by atoms with van der Waals surface area (Å²) in [5.41, 5.74) is 6.62. The van der Waals surface area contributed by atoms with Gasteiger partial charge in [0.25, 0.3) is 0 Å². The summed E-state index contributed by atoms with van der Waals surface area (Å²) in [5.74, 6) is -1.07. The molecule has 1 aliphatic heterocycles. The molecule has 2 amide bonds. The van der Waals surface area contributed by atoms with Gasteiger partial charge in [0, 0.05) is 43.9 Å². The maximum absolute atomic E-state index is 12.3. The first kappa shape index (κ1) is 24.9. The van der Waals surface area contributed by atoms with Crippen molar-refractivity contribution < 1.29 is 18.8 Å². The molecule has 3 heterocycles. The number of primary amides is 1. The number of carbonyl (C=O) groups excluding carboxylic acids is 2. The van der Waals surface area contributed by atoms with Crippen LogP contribution in [0.25, 0.3) is 11.5 Å². The lowest BCUT2D eigenvalue weighted by atomic mass is 10.2. The molecule has 1 saturated heterocycles. The van der Waals surface area contributed by atoms with Crippen LogP contribution in [-0.2, 0) is 16.1 Å². The van der Waals surface area contributed by atoms with Crippen LogP contribution in [0.1, 0.15) is 23.2 Å². The van der Waals surface area contributed by atoms with Gasteiger partial charge in [-0.2, -0.15) is 4.98 Å². The largest absolute Gasteiger partial charge is 0.374 e. The molecule has 0 unspecified atom stereocenters. The molecule has 1 aliphatic rings. The van der Waals surface area contributed by atoms with Crippen molar-refractivity contribution in [1.82, 2.24) is 24.3 Å². The van der Waals surface area contributed by atoms with Crippen LogP contribution in [0.15, 0.2) is 32.4 Å². The van der Waals surface area contributed by atoms with Gasteiger partial charge in [0.2, 0.25) is 11.7 Å². The molecule has 0 radical (unpaired) electrons. The number of hydrogen-bond acceptors (Lipinski definition) is 10. The molecule has 0 aliphatic carbocycles. The molecule has 1 atom stereocenters. The highest BCUT2D eigenvalue weighted by Gasteiger charge is 2.26. The number of rotatable bonds is 8. The minimum Gasteiger partial charge on any atom is -0.374 e. The summed E-state index contributed by atoms with van der Waals surface area (Å²) < 4.78 is 12.9. The molecule has 1 aromatic carbocycles. The van der Waals surface area contributed by atoms with Crippen molar-refractivity contribution in [3.8, 4) is 11.5 Å². The Kier molecular flexibility index (Phi) is 8.06. The number of carbonyl (C=O) groups is 2. The van der Waals surface area contributed by atoms with Crippen LogP contribution in [0.2, 0.25) is 10.0 Å². The van der Waals surface area contributed by atoms with E-state index in [0.29, 0.717) is 46.3 Å². The Hall–Kier alpha value is -2.22. The van der Waals surface area contributed by atoms with E-state index in [9.17, 15) is 9.59 Å². The summed E-state index contributed by atoms with van der Waals surface area (Å²) in [6.45, 7) is 4.59. The lowest BCUT2D eigenvalue weighted by molar-refractivity contribution is -0.126. The zero-order valence-electron chi connectivity index (χ0n) is 17.9. The van der Waals surface area contributed by atoms with Gasteiger partial charge in [-0.1, -0.05) is 34.4 Å². The SMILES string of the molecule is CC(=O)N(C[C@@H]1CN(Cc2ccc(Cl)c(Cl)c2)CCO1)Sc1nc(-c2noc(C(N)=O)n2)cs1. The Morgan fingerprint density at radius 3 is 2.85 bits per heavy atom. The molecule has 4 rings (SSSR count). The molecule has 180 valence electrons. The van der Waals surface area contributed by atoms with Gasteiger partial charge in [-0.15, -0.1) is 11.3 Å². The average Bonchev–Trinajstić information content (AvgIpc) is 3.46. The second-order valence-electron chi connectivity index (χ2n) is 7.43. The van der Waals surface area contributed by atoms with Crippen molar-refractivity contribution in [2.75, 3.05) is 26.2 Å². The second-order valence-corrected chi connectivity index (χ2v) is 10.4. The van der Waals surface area contributed by atoms with E-state index in [1.807, 2.05) is 12.1 Å². The molecular formula is C20H20Cl2N6O4S2. The zero-order valence-corrected chi connectivity index (χ0v) is 21.1. The first-order valence-corrected chi connectivity index (χ1v) is 12.5. The van der Waals surface area contributed by atoms with Crippen molar-refractivity contribution in [2.24, 2.45) is 5.73 Å². The van der Waals surface area contributed by atoms with E-state index in [0.717, 1.165) is 12.1 Å². The third-order valence-corrected chi connectivity index (χ3v) is 7.63. The summed E-state index contributed by atoms with van der Waals surface area (Å²) >= 11 is 14.7. The van der Waals surface area contributed by atoms with Crippen LogP contribution in [0.4, 0.5) is 0 Å². The lowest BCUT2D eigenvalue weighted by Gasteiger charge is -2.35. The fourth-order valence-corrected chi connectivity index (χ4v) is 5.40. The highest BCUT2D eigenvalue weighted by Crippen LogP contribution is 2.30. The predicted molar refractivity (Wildman–Crippen MR) is 129 cm³/mol. The van der Waals surface area contributed by atoms with E-state index in [2.05, 4.69) is 20.0 Å². The topological polar surface area (TPSA) is 128 Å². The molecule has 2 aromatic heterocycles. The van der Waals surface area contributed by atoms with Crippen molar-refractivity contribution in [3.05, 3.63) is 45.1 Å². The molecule has 10 nitrogen and oxygen atoms in total. The first-order valence-electron chi connectivity index (χ1n) is 10.1. The van der Waals surface area contributed by atoms with Gasteiger partial charge < -0.3 is 15.0 Å².